The molecule has 1 aromatic heterocycles. The van der Waals surface area contributed by atoms with Crippen LogP contribution in [0.5, 0.6) is 0 Å². The summed E-state index contributed by atoms with van der Waals surface area (Å²) in [4.78, 5) is 30.2. The monoisotopic (exact) mass is 386 g/mol. The van der Waals surface area contributed by atoms with Gasteiger partial charge in [0.05, 0.1) is 0 Å². The third kappa shape index (κ3) is 5.17. The lowest BCUT2D eigenvalue weighted by atomic mass is 9.99. The molecule has 4 heteroatoms. The van der Waals surface area contributed by atoms with Crippen molar-refractivity contribution in [2.75, 3.05) is 11.9 Å². The second-order valence-corrected chi connectivity index (χ2v) is 7.22. The van der Waals surface area contributed by atoms with Gasteiger partial charge in [-0.3, -0.25) is 14.6 Å². The Morgan fingerprint density at radius 1 is 0.931 bits per heavy atom. The number of carbonyl (C=O) groups is 2. The number of pyridine rings is 1. The summed E-state index contributed by atoms with van der Waals surface area (Å²) in [7, 11) is 1.79. The summed E-state index contributed by atoms with van der Waals surface area (Å²) in [6.07, 6.45) is 5.28. The number of amides is 1. The van der Waals surface area contributed by atoms with Crippen molar-refractivity contribution in [1.29, 1.82) is 0 Å². The fraction of sp³-hybridized carbons (Fsp3) is 0.240. The number of hydrogen-bond donors (Lipinski definition) is 0. The summed E-state index contributed by atoms with van der Waals surface area (Å²) < 4.78 is 0. The third-order valence-corrected chi connectivity index (χ3v) is 5.04. The van der Waals surface area contributed by atoms with Gasteiger partial charge in [-0.25, -0.2) is 0 Å². The van der Waals surface area contributed by atoms with Gasteiger partial charge in [0.1, 0.15) is 0 Å². The molecule has 0 aliphatic heterocycles. The van der Waals surface area contributed by atoms with Gasteiger partial charge in [-0.2, -0.15) is 0 Å². The number of hydrogen-bond acceptors (Lipinski definition) is 3. The lowest BCUT2D eigenvalue weighted by molar-refractivity contribution is -0.118. The molecule has 0 fully saturated rings. The number of rotatable bonds is 7. The summed E-state index contributed by atoms with van der Waals surface area (Å²) in [5.41, 5.74) is 5.88. The molecule has 0 N–H and O–H groups in total. The van der Waals surface area contributed by atoms with Crippen LogP contribution in [0.3, 0.4) is 0 Å². The summed E-state index contributed by atoms with van der Waals surface area (Å²) >= 11 is 0. The highest BCUT2D eigenvalue weighted by Gasteiger charge is 2.10. The van der Waals surface area contributed by atoms with Crippen molar-refractivity contribution >= 4 is 17.4 Å². The molecule has 0 saturated carbocycles. The summed E-state index contributed by atoms with van der Waals surface area (Å²) in [6, 6.07) is 17.6. The zero-order chi connectivity index (χ0) is 20.8. The van der Waals surface area contributed by atoms with Crippen LogP contribution in [0, 0.1) is 6.92 Å². The molecule has 3 rings (SSSR count). The third-order valence-electron chi connectivity index (χ3n) is 5.04. The van der Waals surface area contributed by atoms with E-state index in [4.69, 9.17) is 0 Å². The molecule has 0 radical (unpaired) electrons. The van der Waals surface area contributed by atoms with Crippen molar-refractivity contribution in [1.82, 2.24) is 4.98 Å². The molecule has 0 unspecified atom stereocenters. The first-order valence-electron chi connectivity index (χ1n) is 9.88. The van der Waals surface area contributed by atoms with Crippen LogP contribution in [0.1, 0.15) is 41.3 Å². The zero-order valence-corrected chi connectivity index (χ0v) is 17.2. The first kappa shape index (κ1) is 20.5. The second-order valence-electron chi connectivity index (χ2n) is 7.22. The van der Waals surface area contributed by atoms with E-state index in [-0.39, 0.29) is 11.7 Å². The molecule has 2 aromatic carbocycles. The summed E-state index contributed by atoms with van der Waals surface area (Å²) in [5, 5.41) is 0. The predicted octanol–water partition coefficient (Wildman–Crippen LogP) is 5.25. The molecule has 0 bridgehead atoms. The van der Waals surface area contributed by atoms with Crippen molar-refractivity contribution in [2.24, 2.45) is 0 Å². The summed E-state index contributed by atoms with van der Waals surface area (Å²) in [6.45, 7) is 3.86. The Labute approximate surface area is 172 Å². The van der Waals surface area contributed by atoms with Gasteiger partial charge in [0, 0.05) is 43.5 Å². The molecule has 3 aromatic rings. The van der Waals surface area contributed by atoms with Gasteiger partial charge in [0.2, 0.25) is 5.91 Å². The SMILES string of the molecule is CCC(=O)N(C)c1ccc(-c2ccc(C(=O)CCc3cncc(C)c3)cc2)cc1. The Bertz CT molecular complexity index is 992. The van der Waals surface area contributed by atoms with Gasteiger partial charge in [0.25, 0.3) is 0 Å². The van der Waals surface area contributed by atoms with Gasteiger partial charge in [-0.1, -0.05) is 49.4 Å². The van der Waals surface area contributed by atoms with E-state index in [0.29, 0.717) is 19.3 Å². The molecule has 0 aliphatic rings. The minimum Gasteiger partial charge on any atom is -0.316 e. The minimum atomic E-state index is 0.0852. The van der Waals surface area contributed by atoms with E-state index >= 15 is 0 Å². The smallest absolute Gasteiger partial charge is 0.226 e. The Balaban J connectivity index is 1.65. The van der Waals surface area contributed by atoms with E-state index in [9.17, 15) is 9.59 Å². The fourth-order valence-corrected chi connectivity index (χ4v) is 3.26. The minimum absolute atomic E-state index is 0.0852. The van der Waals surface area contributed by atoms with Crippen molar-refractivity contribution in [3.05, 3.63) is 83.7 Å². The van der Waals surface area contributed by atoms with Crippen LogP contribution in [0.2, 0.25) is 0 Å². The van der Waals surface area contributed by atoms with E-state index in [0.717, 1.165) is 33.5 Å². The van der Waals surface area contributed by atoms with Gasteiger partial charge >= 0.3 is 0 Å². The maximum absolute atomic E-state index is 12.5. The fourth-order valence-electron chi connectivity index (χ4n) is 3.26. The first-order chi connectivity index (χ1) is 14.0. The number of carbonyl (C=O) groups excluding carboxylic acids is 2. The van der Waals surface area contributed by atoms with Crippen LogP contribution in [0.15, 0.2) is 67.0 Å². The molecule has 1 heterocycles. The van der Waals surface area contributed by atoms with Gasteiger partial charge in [-0.05, 0) is 47.7 Å². The number of aryl methyl sites for hydroxylation is 2. The van der Waals surface area contributed by atoms with Crippen molar-refractivity contribution in [2.45, 2.75) is 33.1 Å². The molecule has 0 atom stereocenters. The number of nitrogens with zero attached hydrogens (tertiary/aromatic N) is 2. The Hall–Kier alpha value is -3.27. The molecule has 1 amide bonds. The van der Waals surface area contributed by atoms with E-state index in [2.05, 4.69) is 11.1 Å². The lowest BCUT2D eigenvalue weighted by Crippen LogP contribution is -2.24. The molecule has 29 heavy (non-hydrogen) atoms. The average molecular weight is 386 g/mol. The van der Waals surface area contributed by atoms with Gasteiger partial charge in [0.15, 0.2) is 5.78 Å². The van der Waals surface area contributed by atoms with Crippen LogP contribution in [-0.2, 0) is 11.2 Å². The highest BCUT2D eigenvalue weighted by Crippen LogP contribution is 2.24. The molecule has 0 spiro atoms. The van der Waals surface area contributed by atoms with Gasteiger partial charge in [-0.15, -0.1) is 0 Å². The standard InChI is InChI=1S/C25H26N2O2/c1-4-25(29)27(3)23-12-10-21(11-13-23)20-6-8-22(9-7-20)24(28)14-5-19-15-18(2)16-26-17-19/h6-13,15-17H,4-5,14H2,1-3H3. The molecule has 148 valence electrons. The number of anilines is 1. The number of ketones is 1. The highest BCUT2D eigenvalue weighted by molar-refractivity contribution is 5.96. The number of Topliss-reactive ketones (excluding diaryl/α,β-unsaturated/α-hetero) is 1. The molecular weight excluding hydrogens is 360 g/mol. The lowest BCUT2D eigenvalue weighted by Gasteiger charge is -2.16. The van der Waals surface area contributed by atoms with Crippen molar-refractivity contribution in [3.63, 3.8) is 0 Å². The average Bonchev–Trinajstić information content (AvgIpc) is 2.76. The van der Waals surface area contributed by atoms with E-state index in [1.165, 1.54) is 0 Å². The van der Waals surface area contributed by atoms with Crippen LogP contribution in [0.4, 0.5) is 5.69 Å². The maximum atomic E-state index is 12.5. The molecule has 4 nitrogen and oxygen atoms in total. The highest BCUT2D eigenvalue weighted by atomic mass is 16.2. The summed E-state index contributed by atoms with van der Waals surface area (Å²) in [5.74, 6) is 0.218. The van der Waals surface area contributed by atoms with Gasteiger partial charge < -0.3 is 4.90 Å². The number of aromatic nitrogens is 1. The topological polar surface area (TPSA) is 50.3 Å². The van der Waals surface area contributed by atoms with Crippen LogP contribution < -0.4 is 4.90 Å². The molecule has 0 aliphatic carbocycles. The largest absolute Gasteiger partial charge is 0.316 e. The zero-order valence-electron chi connectivity index (χ0n) is 17.2. The van der Waals surface area contributed by atoms with Crippen molar-refractivity contribution < 1.29 is 9.59 Å². The Morgan fingerprint density at radius 2 is 1.55 bits per heavy atom. The molecular formula is C25H26N2O2. The first-order valence-corrected chi connectivity index (χ1v) is 9.88. The van der Waals surface area contributed by atoms with E-state index in [1.807, 2.05) is 74.8 Å². The van der Waals surface area contributed by atoms with Crippen LogP contribution in [-0.4, -0.2) is 23.7 Å². The maximum Gasteiger partial charge on any atom is 0.226 e. The predicted molar refractivity (Wildman–Crippen MR) is 117 cm³/mol. The second kappa shape index (κ2) is 9.28. The Kier molecular flexibility index (Phi) is 6.55. The van der Waals surface area contributed by atoms with E-state index < -0.39 is 0 Å². The molecule has 0 saturated heterocycles. The number of benzene rings is 2. The van der Waals surface area contributed by atoms with E-state index in [1.54, 1.807) is 11.9 Å². The quantitative estimate of drug-likeness (QED) is 0.521. The van der Waals surface area contributed by atoms with Crippen LogP contribution >= 0.6 is 0 Å². The van der Waals surface area contributed by atoms with Crippen molar-refractivity contribution in [3.8, 4) is 11.1 Å². The van der Waals surface area contributed by atoms with Crippen LogP contribution in [0.25, 0.3) is 11.1 Å². The normalized spacial score (nSPS) is 10.6. The Morgan fingerprint density at radius 3 is 2.14 bits per heavy atom.